The minimum atomic E-state index is -0.451. The molecule has 2 heterocycles. The van der Waals surface area contributed by atoms with Crippen LogP contribution in [0.1, 0.15) is 33.6 Å². The lowest BCUT2D eigenvalue weighted by Crippen LogP contribution is -2.48. The molecule has 1 aliphatic carbocycles. The molecular formula is C12H11N3O2S. The number of thiocarbonyl (C=S) groups is 1. The lowest BCUT2D eigenvalue weighted by molar-refractivity contribution is 0.0613. The first kappa shape index (κ1) is 11.3. The minimum Gasteiger partial charge on any atom is -0.392 e. The monoisotopic (exact) mass is 261 g/mol. The van der Waals surface area contributed by atoms with Crippen LogP contribution in [0.3, 0.4) is 0 Å². The molecule has 0 bridgehead atoms. The smallest absolute Gasteiger partial charge is 0.263 e. The molecule has 1 aromatic rings. The van der Waals surface area contributed by atoms with Gasteiger partial charge in [0.25, 0.3) is 11.8 Å². The van der Waals surface area contributed by atoms with Gasteiger partial charge in [-0.15, -0.1) is 0 Å². The Hall–Kier alpha value is -1.82. The summed E-state index contributed by atoms with van der Waals surface area (Å²) >= 11 is 5.00. The third-order valence-corrected chi connectivity index (χ3v) is 3.60. The third-order valence-electron chi connectivity index (χ3n) is 3.36. The Labute approximate surface area is 109 Å². The van der Waals surface area contributed by atoms with Crippen molar-refractivity contribution < 1.29 is 9.59 Å². The zero-order valence-corrected chi connectivity index (χ0v) is 10.3. The maximum Gasteiger partial charge on any atom is 0.263 e. The molecule has 1 aliphatic heterocycles. The van der Waals surface area contributed by atoms with Crippen LogP contribution < -0.4 is 5.73 Å². The fraction of sp³-hybridized carbons (Fsp3) is 0.333. The predicted molar refractivity (Wildman–Crippen MR) is 68.0 cm³/mol. The summed E-state index contributed by atoms with van der Waals surface area (Å²) in [6.45, 7) is 0. The lowest BCUT2D eigenvalue weighted by Gasteiger charge is -2.24. The van der Waals surface area contributed by atoms with Gasteiger partial charge < -0.3 is 5.73 Å². The molecule has 1 saturated carbocycles. The van der Waals surface area contributed by atoms with Crippen LogP contribution >= 0.6 is 12.2 Å². The van der Waals surface area contributed by atoms with E-state index in [0.717, 1.165) is 12.8 Å². The normalized spacial score (nSPS) is 19.9. The summed E-state index contributed by atoms with van der Waals surface area (Å²) in [6, 6.07) is 1.10. The Bertz CT molecular complexity index is 533. The SMILES string of the molecule is NC(=S)C(C1CC1)N1C(=O)c2ccncc2C1=O. The van der Waals surface area contributed by atoms with Gasteiger partial charge in [0.15, 0.2) is 0 Å². The van der Waals surface area contributed by atoms with Gasteiger partial charge in [0, 0.05) is 12.4 Å². The number of carbonyl (C=O) groups excluding carboxylic acids is 2. The second kappa shape index (κ2) is 3.84. The molecule has 5 nitrogen and oxygen atoms in total. The standard InChI is InChI=1S/C12H11N3O2S/c13-10(18)9(6-1-2-6)15-11(16)7-3-4-14-5-8(7)12(15)17/h3-6,9H,1-2H2,(H2,13,18). The predicted octanol–water partition coefficient (Wildman–Crippen LogP) is 0.742. The van der Waals surface area contributed by atoms with Crippen molar-refractivity contribution in [2.24, 2.45) is 11.7 Å². The van der Waals surface area contributed by atoms with Crippen molar-refractivity contribution in [3.8, 4) is 0 Å². The number of rotatable bonds is 3. The number of nitrogens with two attached hydrogens (primary N) is 1. The highest BCUT2D eigenvalue weighted by molar-refractivity contribution is 7.80. The first-order valence-electron chi connectivity index (χ1n) is 5.72. The van der Waals surface area contributed by atoms with Gasteiger partial charge in [-0.1, -0.05) is 12.2 Å². The van der Waals surface area contributed by atoms with Gasteiger partial charge in [-0.05, 0) is 24.8 Å². The third kappa shape index (κ3) is 1.53. The number of carbonyl (C=O) groups is 2. The van der Waals surface area contributed by atoms with Crippen LogP contribution in [0.2, 0.25) is 0 Å². The summed E-state index contributed by atoms with van der Waals surface area (Å²) in [5.41, 5.74) is 6.41. The molecule has 2 aliphatic rings. The van der Waals surface area contributed by atoms with E-state index >= 15 is 0 Å². The van der Waals surface area contributed by atoms with Crippen LogP contribution in [0.4, 0.5) is 0 Å². The molecule has 1 aromatic heterocycles. The number of nitrogens with zero attached hydrogens (tertiary/aromatic N) is 2. The molecule has 0 radical (unpaired) electrons. The van der Waals surface area contributed by atoms with E-state index in [1.807, 2.05) is 0 Å². The van der Waals surface area contributed by atoms with Gasteiger partial charge >= 0.3 is 0 Å². The number of aromatic nitrogens is 1. The molecular weight excluding hydrogens is 250 g/mol. The molecule has 1 unspecified atom stereocenters. The van der Waals surface area contributed by atoms with Crippen LogP contribution in [0.25, 0.3) is 0 Å². The Morgan fingerprint density at radius 1 is 1.39 bits per heavy atom. The summed E-state index contributed by atoms with van der Waals surface area (Å²) in [5, 5.41) is 0. The van der Waals surface area contributed by atoms with E-state index in [1.165, 1.54) is 17.3 Å². The number of hydrogen-bond acceptors (Lipinski definition) is 4. The molecule has 2 N–H and O–H groups in total. The van der Waals surface area contributed by atoms with Gasteiger partial charge in [-0.3, -0.25) is 19.5 Å². The fourth-order valence-corrected chi connectivity index (χ4v) is 2.64. The number of fused-ring (bicyclic) bond motifs is 1. The van der Waals surface area contributed by atoms with Gasteiger partial charge in [-0.2, -0.15) is 0 Å². The zero-order chi connectivity index (χ0) is 12.9. The summed E-state index contributed by atoms with van der Waals surface area (Å²) in [4.78, 5) is 29.8. The van der Waals surface area contributed by atoms with Crippen LogP contribution in [0.15, 0.2) is 18.5 Å². The molecule has 92 valence electrons. The topological polar surface area (TPSA) is 76.3 Å². The van der Waals surface area contributed by atoms with Crippen LogP contribution in [0, 0.1) is 5.92 Å². The molecule has 0 spiro atoms. The molecule has 0 saturated heterocycles. The van der Waals surface area contributed by atoms with E-state index in [1.54, 1.807) is 6.07 Å². The van der Waals surface area contributed by atoms with Gasteiger partial charge in [-0.25, -0.2) is 0 Å². The van der Waals surface area contributed by atoms with Crippen molar-refractivity contribution >= 4 is 29.0 Å². The number of amides is 2. The van der Waals surface area contributed by atoms with E-state index in [2.05, 4.69) is 4.98 Å². The summed E-state index contributed by atoms with van der Waals surface area (Å²) in [7, 11) is 0. The zero-order valence-electron chi connectivity index (χ0n) is 9.50. The van der Waals surface area contributed by atoms with Crippen LogP contribution in [-0.2, 0) is 0 Å². The van der Waals surface area contributed by atoms with Crippen molar-refractivity contribution in [1.29, 1.82) is 0 Å². The minimum absolute atomic E-state index is 0.208. The quantitative estimate of drug-likeness (QED) is 0.641. The van der Waals surface area contributed by atoms with Crippen molar-refractivity contribution in [3.05, 3.63) is 29.6 Å². The maximum absolute atomic E-state index is 12.2. The Morgan fingerprint density at radius 2 is 2.06 bits per heavy atom. The van der Waals surface area contributed by atoms with Crippen LogP contribution in [-0.4, -0.2) is 32.7 Å². The highest BCUT2D eigenvalue weighted by Gasteiger charge is 2.47. The number of pyridine rings is 1. The van der Waals surface area contributed by atoms with Gasteiger partial charge in [0.1, 0.15) is 0 Å². The highest BCUT2D eigenvalue weighted by Crippen LogP contribution is 2.38. The number of imide groups is 1. The van der Waals surface area contributed by atoms with Crippen molar-refractivity contribution in [2.45, 2.75) is 18.9 Å². The van der Waals surface area contributed by atoms with E-state index in [-0.39, 0.29) is 22.7 Å². The van der Waals surface area contributed by atoms with Crippen molar-refractivity contribution in [3.63, 3.8) is 0 Å². The summed E-state index contributed by atoms with van der Waals surface area (Å²) in [5.74, 6) is -0.437. The Balaban J connectivity index is 2.03. The Kier molecular flexibility index (Phi) is 2.41. The van der Waals surface area contributed by atoms with Gasteiger partial charge in [0.05, 0.1) is 22.2 Å². The van der Waals surface area contributed by atoms with Gasteiger partial charge in [0.2, 0.25) is 0 Å². The first-order valence-corrected chi connectivity index (χ1v) is 6.13. The maximum atomic E-state index is 12.2. The molecule has 1 fully saturated rings. The highest BCUT2D eigenvalue weighted by atomic mass is 32.1. The van der Waals surface area contributed by atoms with Crippen LogP contribution in [0.5, 0.6) is 0 Å². The molecule has 2 amide bonds. The van der Waals surface area contributed by atoms with E-state index in [9.17, 15) is 9.59 Å². The average molecular weight is 261 g/mol. The fourth-order valence-electron chi connectivity index (χ4n) is 2.34. The summed E-state index contributed by atoms with van der Waals surface area (Å²) in [6.07, 6.45) is 4.82. The number of hydrogen-bond donors (Lipinski definition) is 1. The van der Waals surface area contributed by atoms with Crippen molar-refractivity contribution in [2.75, 3.05) is 0 Å². The largest absolute Gasteiger partial charge is 0.392 e. The molecule has 1 atom stereocenters. The van der Waals surface area contributed by atoms with E-state index in [0.29, 0.717) is 11.1 Å². The Morgan fingerprint density at radius 3 is 2.61 bits per heavy atom. The van der Waals surface area contributed by atoms with E-state index in [4.69, 9.17) is 18.0 Å². The van der Waals surface area contributed by atoms with E-state index < -0.39 is 6.04 Å². The second-order valence-electron chi connectivity index (χ2n) is 4.59. The average Bonchev–Trinajstić information content (AvgIpc) is 3.14. The molecule has 6 heteroatoms. The molecule has 0 aromatic carbocycles. The first-order chi connectivity index (χ1) is 8.61. The van der Waals surface area contributed by atoms with Crippen molar-refractivity contribution in [1.82, 2.24) is 9.88 Å². The molecule has 3 rings (SSSR count). The molecule has 18 heavy (non-hydrogen) atoms. The lowest BCUT2D eigenvalue weighted by atomic mass is 10.1. The second-order valence-corrected chi connectivity index (χ2v) is 5.06. The summed E-state index contributed by atoms with van der Waals surface area (Å²) < 4.78 is 0.